The van der Waals surface area contributed by atoms with Crippen molar-refractivity contribution in [3.8, 4) is 5.75 Å². The van der Waals surface area contributed by atoms with E-state index in [1.165, 1.54) is 12.1 Å². The third kappa shape index (κ3) is 5.33. The molecule has 0 aliphatic carbocycles. The van der Waals surface area contributed by atoms with Gasteiger partial charge >= 0.3 is 6.36 Å². The van der Waals surface area contributed by atoms with Crippen LogP contribution in [0.15, 0.2) is 28.8 Å². The van der Waals surface area contributed by atoms with E-state index >= 15 is 0 Å². The standard InChI is InChI=1S/C16H19F3N4O2.ClH/c1-23-9-8-20-10-12(23)15-21-14(25-22-15)7-6-11-4-2-3-5-13(11)24-16(17,18)19;/h2-5,12,20H,6-10H2,1H3;1H. The van der Waals surface area contributed by atoms with Crippen LogP contribution in [0.1, 0.15) is 23.3 Å². The molecule has 10 heteroatoms. The van der Waals surface area contributed by atoms with Crippen molar-refractivity contribution in [2.24, 2.45) is 0 Å². The lowest BCUT2D eigenvalue weighted by Crippen LogP contribution is -2.44. The van der Waals surface area contributed by atoms with Gasteiger partial charge in [-0.1, -0.05) is 23.4 Å². The second-order valence-electron chi connectivity index (χ2n) is 5.90. The smallest absolute Gasteiger partial charge is 0.406 e. The molecular weight excluding hydrogens is 373 g/mol. The van der Waals surface area contributed by atoms with Crippen molar-refractivity contribution in [1.82, 2.24) is 20.4 Å². The van der Waals surface area contributed by atoms with E-state index < -0.39 is 6.36 Å². The van der Waals surface area contributed by atoms with Gasteiger partial charge in [-0.05, 0) is 25.1 Å². The Morgan fingerprint density at radius 3 is 2.81 bits per heavy atom. The molecule has 1 aromatic carbocycles. The number of para-hydroxylation sites is 1. The molecule has 1 saturated heterocycles. The van der Waals surface area contributed by atoms with E-state index in [0.29, 0.717) is 30.1 Å². The van der Waals surface area contributed by atoms with E-state index in [1.807, 2.05) is 7.05 Å². The molecule has 0 bridgehead atoms. The Kier molecular flexibility index (Phi) is 6.85. The van der Waals surface area contributed by atoms with Crippen molar-refractivity contribution in [1.29, 1.82) is 0 Å². The molecule has 0 spiro atoms. The van der Waals surface area contributed by atoms with Crippen LogP contribution in [0.3, 0.4) is 0 Å². The summed E-state index contributed by atoms with van der Waals surface area (Å²) in [7, 11) is 1.99. The molecule has 1 aliphatic heterocycles. The molecule has 26 heavy (non-hydrogen) atoms. The van der Waals surface area contributed by atoms with Gasteiger partial charge in [0.15, 0.2) is 5.82 Å². The molecule has 1 unspecified atom stereocenters. The van der Waals surface area contributed by atoms with Gasteiger partial charge in [0.1, 0.15) is 5.75 Å². The topological polar surface area (TPSA) is 63.4 Å². The van der Waals surface area contributed by atoms with Crippen LogP contribution in [0.5, 0.6) is 5.75 Å². The molecular formula is C16H20ClF3N4O2. The van der Waals surface area contributed by atoms with Gasteiger partial charge in [0.2, 0.25) is 5.89 Å². The summed E-state index contributed by atoms with van der Waals surface area (Å²) in [5.74, 6) is 0.784. The highest BCUT2D eigenvalue weighted by molar-refractivity contribution is 5.85. The molecule has 0 radical (unpaired) electrons. The number of alkyl halides is 3. The van der Waals surface area contributed by atoms with Crippen LogP contribution in [-0.2, 0) is 12.8 Å². The summed E-state index contributed by atoms with van der Waals surface area (Å²) in [4.78, 5) is 6.52. The normalized spacial score (nSPS) is 18.4. The quantitative estimate of drug-likeness (QED) is 0.844. The second-order valence-corrected chi connectivity index (χ2v) is 5.90. The highest BCUT2D eigenvalue weighted by Crippen LogP contribution is 2.27. The Labute approximate surface area is 155 Å². The molecule has 0 saturated carbocycles. The molecule has 0 amide bonds. The van der Waals surface area contributed by atoms with Gasteiger partial charge in [-0.25, -0.2) is 0 Å². The molecule has 1 aliphatic rings. The van der Waals surface area contributed by atoms with Crippen molar-refractivity contribution in [2.45, 2.75) is 25.2 Å². The monoisotopic (exact) mass is 392 g/mol. The maximum Gasteiger partial charge on any atom is 0.573 e. The number of benzene rings is 1. The van der Waals surface area contributed by atoms with Crippen LogP contribution < -0.4 is 10.1 Å². The van der Waals surface area contributed by atoms with Crippen molar-refractivity contribution in [3.05, 3.63) is 41.5 Å². The minimum Gasteiger partial charge on any atom is -0.406 e. The predicted octanol–water partition coefficient (Wildman–Crippen LogP) is 2.75. The molecule has 1 fully saturated rings. The Balaban J connectivity index is 0.00000243. The summed E-state index contributed by atoms with van der Waals surface area (Å²) >= 11 is 0. The van der Waals surface area contributed by atoms with Crippen LogP contribution in [0.4, 0.5) is 13.2 Å². The summed E-state index contributed by atoms with van der Waals surface area (Å²) in [5, 5.41) is 7.28. The molecule has 6 nitrogen and oxygen atoms in total. The number of aromatic nitrogens is 2. The van der Waals surface area contributed by atoms with Crippen molar-refractivity contribution < 1.29 is 22.4 Å². The highest BCUT2D eigenvalue weighted by atomic mass is 35.5. The molecule has 1 atom stereocenters. The first-order valence-corrected chi connectivity index (χ1v) is 7.99. The summed E-state index contributed by atoms with van der Waals surface area (Å²) in [6, 6.07) is 6.09. The summed E-state index contributed by atoms with van der Waals surface area (Å²) in [5.41, 5.74) is 0.441. The highest BCUT2D eigenvalue weighted by Gasteiger charge is 2.32. The van der Waals surface area contributed by atoms with Gasteiger partial charge in [0, 0.05) is 26.1 Å². The van der Waals surface area contributed by atoms with Crippen molar-refractivity contribution in [2.75, 3.05) is 26.7 Å². The van der Waals surface area contributed by atoms with Crippen LogP contribution in [0, 0.1) is 0 Å². The zero-order chi connectivity index (χ0) is 17.9. The lowest BCUT2D eigenvalue weighted by Gasteiger charge is -2.30. The van der Waals surface area contributed by atoms with Gasteiger partial charge < -0.3 is 14.6 Å². The van der Waals surface area contributed by atoms with E-state index in [-0.39, 0.29) is 24.2 Å². The summed E-state index contributed by atoms with van der Waals surface area (Å²) in [6.45, 7) is 2.53. The SMILES string of the molecule is CN1CCNCC1c1noc(CCc2ccccc2OC(F)(F)F)n1.Cl. The number of aryl methyl sites for hydroxylation is 2. The maximum absolute atomic E-state index is 12.5. The minimum absolute atomic E-state index is 0. The maximum atomic E-state index is 12.5. The van der Waals surface area contributed by atoms with Gasteiger partial charge in [-0.2, -0.15) is 4.98 Å². The largest absolute Gasteiger partial charge is 0.573 e. The van der Waals surface area contributed by atoms with Gasteiger partial charge in [0.25, 0.3) is 0 Å². The third-order valence-electron chi connectivity index (χ3n) is 4.10. The molecule has 2 aromatic rings. The Hall–Kier alpha value is -1.84. The average Bonchev–Trinajstić information content (AvgIpc) is 3.02. The number of halogens is 4. The van der Waals surface area contributed by atoms with E-state index in [9.17, 15) is 13.2 Å². The van der Waals surface area contributed by atoms with Crippen molar-refractivity contribution >= 4 is 12.4 Å². The van der Waals surface area contributed by atoms with E-state index in [1.54, 1.807) is 12.1 Å². The first-order valence-electron chi connectivity index (χ1n) is 7.99. The van der Waals surface area contributed by atoms with Crippen LogP contribution in [-0.4, -0.2) is 48.1 Å². The number of ether oxygens (including phenoxy) is 1. The van der Waals surface area contributed by atoms with Gasteiger partial charge in [-0.15, -0.1) is 25.6 Å². The van der Waals surface area contributed by atoms with Gasteiger partial charge in [-0.3, -0.25) is 4.90 Å². The molecule has 1 aromatic heterocycles. The number of nitrogens with one attached hydrogen (secondary N) is 1. The number of hydrogen-bond donors (Lipinski definition) is 1. The predicted molar refractivity (Wildman–Crippen MR) is 90.3 cm³/mol. The number of hydrogen-bond acceptors (Lipinski definition) is 6. The molecule has 2 heterocycles. The van der Waals surface area contributed by atoms with Crippen LogP contribution in [0.25, 0.3) is 0 Å². The lowest BCUT2D eigenvalue weighted by atomic mass is 10.1. The lowest BCUT2D eigenvalue weighted by molar-refractivity contribution is -0.274. The van der Waals surface area contributed by atoms with Crippen LogP contribution >= 0.6 is 12.4 Å². The fraction of sp³-hybridized carbons (Fsp3) is 0.500. The number of rotatable bonds is 5. The zero-order valence-electron chi connectivity index (χ0n) is 14.1. The fourth-order valence-corrected chi connectivity index (χ4v) is 2.78. The van der Waals surface area contributed by atoms with Gasteiger partial charge in [0.05, 0.1) is 6.04 Å². The van der Waals surface area contributed by atoms with Crippen molar-refractivity contribution in [3.63, 3.8) is 0 Å². The number of nitrogens with zero attached hydrogens (tertiary/aromatic N) is 3. The fourth-order valence-electron chi connectivity index (χ4n) is 2.78. The second kappa shape index (κ2) is 8.70. The third-order valence-corrected chi connectivity index (χ3v) is 4.10. The number of piperazine rings is 1. The van der Waals surface area contributed by atoms with E-state index in [0.717, 1.165) is 19.6 Å². The molecule has 1 N–H and O–H groups in total. The first-order chi connectivity index (χ1) is 11.9. The molecule has 3 rings (SSSR count). The Morgan fingerprint density at radius 2 is 2.08 bits per heavy atom. The van der Waals surface area contributed by atoms with Crippen LogP contribution in [0.2, 0.25) is 0 Å². The Morgan fingerprint density at radius 1 is 1.31 bits per heavy atom. The average molecular weight is 393 g/mol. The summed E-state index contributed by atoms with van der Waals surface area (Å²) < 4.78 is 46.7. The van der Waals surface area contributed by atoms with E-state index in [2.05, 4.69) is 25.1 Å². The molecule has 144 valence electrons. The zero-order valence-corrected chi connectivity index (χ0v) is 14.9. The summed E-state index contributed by atoms with van der Waals surface area (Å²) in [6.07, 6.45) is -4.06. The number of likely N-dealkylation sites (N-methyl/N-ethyl adjacent to an activating group) is 1. The first kappa shape index (κ1) is 20.5. The Bertz CT molecular complexity index is 711. The minimum atomic E-state index is -4.72. The van der Waals surface area contributed by atoms with E-state index in [4.69, 9.17) is 4.52 Å².